The van der Waals surface area contributed by atoms with Crippen molar-refractivity contribution in [2.45, 2.75) is 50.3 Å². The molecule has 0 aliphatic carbocycles. The molecular formula is C21H27NO2S. The van der Waals surface area contributed by atoms with Gasteiger partial charge >= 0.3 is 0 Å². The molecule has 1 amide bonds. The summed E-state index contributed by atoms with van der Waals surface area (Å²) in [5.41, 5.74) is 1.24. The van der Waals surface area contributed by atoms with Crippen LogP contribution in [0.3, 0.4) is 0 Å². The van der Waals surface area contributed by atoms with E-state index in [0.717, 1.165) is 11.3 Å². The molecular weight excluding hydrogens is 330 g/mol. The van der Waals surface area contributed by atoms with Crippen LogP contribution in [0.25, 0.3) is 0 Å². The van der Waals surface area contributed by atoms with E-state index >= 15 is 0 Å². The summed E-state index contributed by atoms with van der Waals surface area (Å²) < 4.78 is 5.85. The maximum Gasteiger partial charge on any atom is 0.259 e. The number of nitrogens with one attached hydrogen (secondary N) is 1. The van der Waals surface area contributed by atoms with E-state index in [-0.39, 0.29) is 5.91 Å². The average molecular weight is 358 g/mol. The maximum atomic E-state index is 12.6. The van der Waals surface area contributed by atoms with Crippen LogP contribution in [-0.4, -0.2) is 12.5 Å². The quantitative estimate of drug-likeness (QED) is 0.406. The predicted octanol–water partition coefficient (Wildman–Crippen LogP) is 5.97. The fraction of sp³-hybridized carbons (Fsp3) is 0.381. The molecule has 0 radical (unpaired) electrons. The molecule has 1 N–H and O–H groups in total. The molecule has 0 heterocycles. The molecule has 4 heteroatoms. The molecule has 134 valence electrons. The number of carbonyl (C=O) groups is 1. The minimum atomic E-state index is -0.181. The summed E-state index contributed by atoms with van der Waals surface area (Å²) in [5.74, 6) is 0.449. The summed E-state index contributed by atoms with van der Waals surface area (Å²) in [6, 6.07) is 14.8. The molecule has 0 aliphatic rings. The topological polar surface area (TPSA) is 38.3 Å². The molecule has 2 aromatic carbocycles. The lowest BCUT2D eigenvalue weighted by Gasteiger charge is -2.12. The first-order chi connectivity index (χ1) is 12.2. The Balaban J connectivity index is 1.89. The molecule has 0 unspecified atom stereocenters. The van der Waals surface area contributed by atoms with Gasteiger partial charge in [-0.3, -0.25) is 4.79 Å². The van der Waals surface area contributed by atoms with Crippen LogP contribution >= 0.6 is 12.6 Å². The molecule has 0 saturated carbocycles. The lowest BCUT2D eigenvalue weighted by molar-refractivity contribution is 0.102. The highest BCUT2D eigenvalue weighted by atomic mass is 32.1. The largest absolute Gasteiger partial charge is 0.493 e. The normalized spacial score (nSPS) is 10.5. The first-order valence-electron chi connectivity index (χ1n) is 9.03. The van der Waals surface area contributed by atoms with Crippen molar-refractivity contribution in [3.05, 3.63) is 54.1 Å². The number of rotatable bonds is 10. The smallest absolute Gasteiger partial charge is 0.259 e. The molecule has 0 bridgehead atoms. The van der Waals surface area contributed by atoms with E-state index in [1.54, 1.807) is 6.07 Å². The summed E-state index contributed by atoms with van der Waals surface area (Å²) in [5, 5.41) is 2.90. The van der Waals surface area contributed by atoms with E-state index in [1.165, 1.54) is 32.1 Å². The monoisotopic (exact) mass is 357 g/mol. The number of para-hydroxylation sites is 2. The second-order valence-corrected chi connectivity index (χ2v) is 6.57. The van der Waals surface area contributed by atoms with E-state index in [4.69, 9.17) is 4.74 Å². The minimum Gasteiger partial charge on any atom is -0.493 e. The van der Waals surface area contributed by atoms with Crippen LogP contribution in [0.15, 0.2) is 53.4 Å². The van der Waals surface area contributed by atoms with Crippen molar-refractivity contribution in [3.8, 4) is 5.75 Å². The Bertz CT molecular complexity index is 672. The van der Waals surface area contributed by atoms with Crippen molar-refractivity contribution in [3.63, 3.8) is 0 Å². The number of anilines is 1. The van der Waals surface area contributed by atoms with Crippen LogP contribution in [-0.2, 0) is 0 Å². The second-order valence-electron chi connectivity index (χ2n) is 6.08. The van der Waals surface area contributed by atoms with Crippen molar-refractivity contribution >= 4 is 24.2 Å². The molecule has 0 saturated heterocycles. The van der Waals surface area contributed by atoms with Crippen LogP contribution in [0.4, 0.5) is 5.69 Å². The lowest BCUT2D eigenvalue weighted by Crippen LogP contribution is -2.14. The number of carbonyl (C=O) groups excluding carboxylic acids is 1. The third-order valence-electron chi connectivity index (χ3n) is 4.04. The van der Waals surface area contributed by atoms with Gasteiger partial charge in [-0.1, -0.05) is 63.3 Å². The predicted molar refractivity (Wildman–Crippen MR) is 107 cm³/mol. The Morgan fingerprint density at radius 3 is 2.44 bits per heavy atom. The standard InChI is InChI=1S/C21H27NO2S/c1-2-3-4-5-6-11-16-24-19-14-9-7-12-17(19)21(23)22-18-13-8-10-15-20(18)25/h7-10,12-15,25H,2-6,11,16H2,1H3,(H,22,23). The van der Waals surface area contributed by atoms with Gasteiger partial charge in [0.25, 0.3) is 5.91 Å². The summed E-state index contributed by atoms with van der Waals surface area (Å²) in [7, 11) is 0. The molecule has 25 heavy (non-hydrogen) atoms. The number of ether oxygens (including phenoxy) is 1. The van der Waals surface area contributed by atoms with Gasteiger partial charge in [0, 0.05) is 4.90 Å². The van der Waals surface area contributed by atoms with E-state index in [0.29, 0.717) is 23.6 Å². The minimum absolute atomic E-state index is 0.181. The maximum absolute atomic E-state index is 12.6. The SMILES string of the molecule is CCCCCCCCOc1ccccc1C(=O)Nc1ccccc1S. The molecule has 3 nitrogen and oxygen atoms in total. The van der Waals surface area contributed by atoms with Crippen molar-refractivity contribution < 1.29 is 9.53 Å². The van der Waals surface area contributed by atoms with Crippen LogP contribution in [0.5, 0.6) is 5.75 Å². The average Bonchev–Trinajstić information content (AvgIpc) is 2.63. The number of hydrogen-bond donors (Lipinski definition) is 2. The molecule has 2 rings (SSSR count). The van der Waals surface area contributed by atoms with Gasteiger partial charge in [0.2, 0.25) is 0 Å². The Morgan fingerprint density at radius 1 is 0.960 bits per heavy atom. The Kier molecular flexibility index (Phi) is 8.40. The van der Waals surface area contributed by atoms with Gasteiger partial charge in [-0.15, -0.1) is 12.6 Å². The first-order valence-corrected chi connectivity index (χ1v) is 9.48. The van der Waals surface area contributed by atoms with Gasteiger partial charge < -0.3 is 10.1 Å². The molecule has 0 aromatic heterocycles. The first kappa shape index (κ1) is 19.4. The molecule has 0 aliphatic heterocycles. The summed E-state index contributed by atoms with van der Waals surface area (Å²) in [6.07, 6.45) is 7.28. The van der Waals surface area contributed by atoms with Gasteiger partial charge in [0.05, 0.1) is 17.9 Å². The van der Waals surface area contributed by atoms with Gasteiger partial charge in [0.1, 0.15) is 5.75 Å². The molecule has 0 atom stereocenters. The van der Waals surface area contributed by atoms with Crippen LogP contribution in [0.2, 0.25) is 0 Å². The zero-order chi connectivity index (χ0) is 17.9. The number of amides is 1. The van der Waals surface area contributed by atoms with Crippen LogP contribution in [0, 0.1) is 0 Å². The second kappa shape index (κ2) is 10.8. The van der Waals surface area contributed by atoms with E-state index in [2.05, 4.69) is 24.9 Å². The number of hydrogen-bond acceptors (Lipinski definition) is 3. The number of benzene rings is 2. The van der Waals surface area contributed by atoms with Gasteiger partial charge in [0.15, 0.2) is 0 Å². The van der Waals surface area contributed by atoms with Crippen molar-refractivity contribution in [1.82, 2.24) is 0 Å². The summed E-state index contributed by atoms with van der Waals surface area (Å²) in [4.78, 5) is 13.3. The van der Waals surface area contributed by atoms with Gasteiger partial charge in [-0.05, 0) is 30.7 Å². The number of unbranched alkanes of at least 4 members (excludes halogenated alkanes) is 5. The Hall–Kier alpha value is -1.94. The molecule has 0 spiro atoms. The highest BCUT2D eigenvalue weighted by Gasteiger charge is 2.13. The van der Waals surface area contributed by atoms with Crippen molar-refractivity contribution in [2.75, 3.05) is 11.9 Å². The van der Waals surface area contributed by atoms with E-state index in [9.17, 15) is 4.79 Å². The number of thiol groups is 1. The van der Waals surface area contributed by atoms with E-state index < -0.39 is 0 Å². The third-order valence-corrected chi connectivity index (χ3v) is 4.43. The fourth-order valence-corrected chi connectivity index (χ4v) is 2.83. The van der Waals surface area contributed by atoms with Crippen LogP contribution in [0.1, 0.15) is 55.8 Å². The zero-order valence-electron chi connectivity index (χ0n) is 14.8. The molecule has 2 aromatic rings. The Labute approximate surface area is 156 Å². The fourth-order valence-electron chi connectivity index (χ4n) is 2.61. The van der Waals surface area contributed by atoms with Crippen molar-refractivity contribution in [1.29, 1.82) is 0 Å². The summed E-state index contributed by atoms with van der Waals surface area (Å²) in [6.45, 7) is 2.86. The van der Waals surface area contributed by atoms with Crippen LogP contribution < -0.4 is 10.1 Å². The third kappa shape index (κ3) is 6.46. The highest BCUT2D eigenvalue weighted by molar-refractivity contribution is 7.80. The molecule has 0 fully saturated rings. The highest BCUT2D eigenvalue weighted by Crippen LogP contribution is 2.23. The lowest BCUT2D eigenvalue weighted by atomic mass is 10.1. The van der Waals surface area contributed by atoms with E-state index in [1.807, 2.05) is 42.5 Å². The van der Waals surface area contributed by atoms with Crippen molar-refractivity contribution in [2.24, 2.45) is 0 Å². The summed E-state index contributed by atoms with van der Waals surface area (Å²) >= 11 is 4.37. The Morgan fingerprint density at radius 2 is 1.64 bits per heavy atom. The van der Waals surface area contributed by atoms with Gasteiger partial charge in [-0.2, -0.15) is 0 Å². The van der Waals surface area contributed by atoms with Gasteiger partial charge in [-0.25, -0.2) is 0 Å². The zero-order valence-corrected chi connectivity index (χ0v) is 15.7.